The van der Waals surface area contributed by atoms with Crippen molar-refractivity contribution in [1.29, 1.82) is 0 Å². The molecule has 5 nitrogen and oxygen atoms in total. The summed E-state index contributed by atoms with van der Waals surface area (Å²) >= 11 is 1.45. The van der Waals surface area contributed by atoms with Gasteiger partial charge < -0.3 is 0 Å². The molecule has 0 saturated heterocycles. The van der Waals surface area contributed by atoms with Gasteiger partial charge in [-0.25, -0.2) is 8.78 Å². The topological polar surface area (TPSA) is 70.7 Å². The predicted molar refractivity (Wildman–Crippen MR) is 74.0 cm³/mol. The van der Waals surface area contributed by atoms with E-state index in [0.29, 0.717) is 5.82 Å². The third kappa shape index (κ3) is 2.65. The number of carbonyl (C=O) groups excluding carboxylic acids is 1. The van der Waals surface area contributed by atoms with Gasteiger partial charge in [0.15, 0.2) is 17.5 Å². The van der Waals surface area contributed by atoms with Crippen molar-refractivity contribution >= 4 is 23.2 Å². The van der Waals surface area contributed by atoms with Crippen molar-refractivity contribution in [2.45, 2.75) is 0 Å². The van der Waals surface area contributed by atoms with Crippen LogP contribution in [0, 0.1) is 11.6 Å². The van der Waals surface area contributed by atoms with Gasteiger partial charge in [-0.2, -0.15) is 4.98 Å². The third-order valence-electron chi connectivity index (χ3n) is 2.66. The van der Waals surface area contributed by atoms with Gasteiger partial charge in [0, 0.05) is 0 Å². The van der Waals surface area contributed by atoms with Crippen molar-refractivity contribution < 1.29 is 13.6 Å². The molecule has 0 fully saturated rings. The maximum atomic E-state index is 13.5. The van der Waals surface area contributed by atoms with Gasteiger partial charge in [-0.3, -0.25) is 15.2 Å². The molecule has 0 atom stereocenters. The Labute approximate surface area is 121 Å². The minimum atomic E-state index is -1.20. The van der Waals surface area contributed by atoms with E-state index in [-0.39, 0.29) is 5.95 Å². The minimum Gasteiger partial charge on any atom is -0.289 e. The molecule has 0 aliphatic heterocycles. The fraction of sp³-hybridized carbons (Fsp3) is 0. The van der Waals surface area contributed by atoms with Gasteiger partial charge in [-0.15, -0.1) is 16.4 Å². The fourth-order valence-corrected chi connectivity index (χ4v) is 2.35. The smallest absolute Gasteiger partial charge is 0.261 e. The number of aromatic nitrogens is 3. The summed E-state index contributed by atoms with van der Waals surface area (Å²) in [5, 5.41) is 10.7. The highest BCUT2D eigenvalue weighted by Gasteiger charge is 2.17. The first-order valence-corrected chi connectivity index (χ1v) is 6.75. The van der Waals surface area contributed by atoms with E-state index in [1.807, 2.05) is 17.5 Å². The highest BCUT2D eigenvalue weighted by molar-refractivity contribution is 7.13. The zero-order valence-corrected chi connectivity index (χ0v) is 11.2. The Morgan fingerprint density at radius 2 is 2.10 bits per heavy atom. The number of hydrogen-bond donors (Lipinski definition) is 2. The van der Waals surface area contributed by atoms with E-state index in [4.69, 9.17) is 0 Å². The molecule has 0 radical (unpaired) electrons. The second kappa shape index (κ2) is 5.41. The normalized spacial score (nSPS) is 10.6. The maximum Gasteiger partial charge on any atom is 0.261 e. The lowest BCUT2D eigenvalue weighted by Crippen LogP contribution is -2.15. The molecule has 0 unspecified atom stereocenters. The van der Waals surface area contributed by atoms with Crippen molar-refractivity contribution in [2.24, 2.45) is 0 Å². The predicted octanol–water partition coefficient (Wildman–Crippen LogP) is 3.06. The summed E-state index contributed by atoms with van der Waals surface area (Å²) in [5.41, 5.74) is -0.405. The average molecular weight is 306 g/mol. The number of rotatable bonds is 3. The zero-order valence-electron chi connectivity index (χ0n) is 10.4. The van der Waals surface area contributed by atoms with Crippen LogP contribution in [0.3, 0.4) is 0 Å². The van der Waals surface area contributed by atoms with Crippen LogP contribution in [-0.2, 0) is 0 Å². The van der Waals surface area contributed by atoms with Crippen molar-refractivity contribution in [3.8, 4) is 10.7 Å². The van der Waals surface area contributed by atoms with Gasteiger partial charge in [0.05, 0.1) is 10.4 Å². The van der Waals surface area contributed by atoms with Crippen LogP contribution in [0.1, 0.15) is 10.4 Å². The van der Waals surface area contributed by atoms with E-state index < -0.39 is 23.1 Å². The Kier molecular flexibility index (Phi) is 3.44. The number of halogens is 2. The van der Waals surface area contributed by atoms with Crippen molar-refractivity contribution in [1.82, 2.24) is 15.2 Å². The molecule has 2 heterocycles. The first-order valence-electron chi connectivity index (χ1n) is 5.87. The van der Waals surface area contributed by atoms with Crippen molar-refractivity contribution in [3.63, 3.8) is 0 Å². The van der Waals surface area contributed by atoms with E-state index in [1.54, 1.807) is 0 Å². The van der Waals surface area contributed by atoms with E-state index in [0.717, 1.165) is 10.9 Å². The molecule has 0 aliphatic carbocycles. The highest BCUT2D eigenvalue weighted by atomic mass is 32.1. The number of anilines is 1. The summed E-state index contributed by atoms with van der Waals surface area (Å²) in [5.74, 6) is -2.63. The second-order valence-electron chi connectivity index (χ2n) is 4.04. The molecule has 1 amide bonds. The van der Waals surface area contributed by atoms with Crippen LogP contribution in [0.2, 0.25) is 0 Å². The first-order chi connectivity index (χ1) is 10.1. The van der Waals surface area contributed by atoms with Crippen molar-refractivity contribution in [3.05, 3.63) is 52.9 Å². The summed E-state index contributed by atoms with van der Waals surface area (Å²) in [4.78, 5) is 16.8. The Morgan fingerprint density at radius 3 is 2.86 bits per heavy atom. The number of H-pyrrole nitrogens is 1. The number of nitrogens with zero attached hydrogens (tertiary/aromatic N) is 2. The van der Waals surface area contributed by atoms with Crippen LogP contribution >= 0.6 is 11.3 Å². The van der Waals surface area contributed by atoms with Crippen LogP contribution in [0.25, 0.3) is 10.7 Å². The van der Waals surface area contributed by atoms with E-state index in [9.17, 15) is 13.6 Å². The van der Waals surface area contributed by atoms with Gasteiger partial charge in [-0.1, -0.05) is 12.1 Å². The number of aromatic amines is 1. The van der Waals surface area contributed by atoms with Crippen LogP contribution in [0.4, 0.5) is 14.7 Å². The molecule has 8 heteroatoms. The lowest BCUT2D eigenvalue weighted by Gasteiger charge is -2.02. The van der Waals surface area contributed by atoms with Gasteiger partial charge in [0.2, 0.25) is 5.95 Å². The number of benzene rings is 1. The maximum absolute atomic E-state index is 13.5. The lowest BCUT2D eigenvalue weighted by molar-refractivity contribution is 0.102. The monoisotopic (exact) mass is 306 g/mol. The lowest BCUT2D eigenvalue weighted by atomic mass is 10.2. The molecule has 3 rings (SSSR count). The molecule has 106 valence electrons. The fourth-order valence-electron chi connectivity index (χ4n) is 1.69. The van der Waals surface area contributed by atoms with Crippen LogP contribution < -0.4 is 5.32 Å². The number of thiophene rings is 1. The molecular formula is C13H8F2N4OS. The summed E-state index contributed by atoms with van der Waals surface area (Å²) < 4.78 is 26.6. The molecule has 3 aromatic rings. The van der Waals surface area contributed by atoms with E-state index >= 15 is 0 Å². The zero-order chi connectivity index (χ0) is 14.8. The largest absolute Gasteiger partial charge is 0.289 e. The van der Waals surface area contributed by atoms with Gasteiger partial charge in [0.1, 0.15) is 0 Å². The molecule has 0 bridgehead atoms. The van der Waals surface area contributed by atoms with E-state index in [1.165, 1.54) is 23.5 Å². The second-order valence-corrected chi connectivity index (χ2v) is 4.99. The molecule has 0 spiro atoms. The summed E-state index contributed by atoms with van der Waals surface area (Å²) in [6, 6.07) is 7.06. The summed E-state index contributed by atoms with van der Waals surface area (Å²) in [7, 11) is 0. The quantitative estimate of drug-likeness (QED) is 0.781. The summed E-state index contributed by atoms with van der Waals surface area (Å²) in [6.07, 6.45) is 0. The molecule has 2 aromatic heterocycles. The van der Waals surface area contributed by atoms with Gasteiger partial charge in [0.25, 0.3) is 5.91 Å². The van der Waals surface area contributed by atoms with Gasteiger partial charge in [-0.05, 0) is 23.6 Å². The molecular weight excluding hydrogens is 298 g/mol. The Morgan fingerprint density at radius 1 is 1.24 bits per heavy atom. The van der Waals surface area contributed by atoms with Gasteiger partial charge >= 0.3 is 0 Å². The minimum absolute atomic E-state index is 0.00735. The number of carbonyl (C=O) groups is 1. The first kappa shape index (κ1) is 13.4. The van der Waals surface area contributed by atoms with Crippen LogP contribution in [-0.4, -0.2) is 21.1 Å². The molecule has 1 aromatic carbocycles. The van der Waals surface area contributed by atoms with Crippen LogP contribution in [0.15, 0.2) is 35.7 Å². The summed E-state index contributed by atoms with van der Waals surface area (Å²) in [6.45, 7) is 0. The SMILES string of the molecule is O=C(Nc1n[nH]c(-c2cccs2)n1)c1cccc(F)c1F. The molecule has 2 N–H and O–H groups in total. The van der Waals surface area contributed by atoms with E-state index in [2.05, 4.69) is 20.5 Å². The molecule has 0 saturated carbocycles. The number of nitrogens with one attached hydrogen (secondary N) is 2. The third-order valence-corrected chi connectivity index (χ3v) is 3.54. The molecule has 0 aliphatic rings. The van der Waals surface area contributed by atoms with Crippen molar-refractivity contribution in [2.75, 3.05) is 5.32 Å². The Bertz CT molecular complexity index is 785. The standard InChI is InChI=1S/C13H8F2N4OS/c14-8-4-1-3-7(10(8)15)12(20)17-13-16-11(18-19-13)9-5-2-6-21-9/h1-6H,(H2,16,17,18,19,20). The number of amides is 1. The average Bonchev–Trinajstić information content (AvgIpc) is 3.12. The molecule has 21 heavy (non-hydrogen) atoms. The highest BCUT2D eigenvalue weighted by Crippen LogP contribution is 2.21. The Hall–Kier alpha value is -2.61. The van der Waals surface area contributed by atoms with Crippen LogP contribution in [0.5, 0.6) is 0 Å². The Balaban J connectivity index is 1.81. The number of hydrogen-bond acceptors (Lipinski definition) is 4.